The standard InChI is InChI=1S/C20H25NO3/c1-6-24-18-13-14(7-12-17(18)23-5)19(22)21-16-10-8-15(9-11-16)20(2,3)4/h7-13H,6H2,1-5H3,(H,21,22). The van der Waals surface area contributed by atoms with Crippen LogP contribution in [0.15, 0.2) is 42.5 Å². The molecule has 0 aromatic heterocycles. The van der Waals surface area contributed by atoms with E-state index in [2.05, 4.69) is 26.1 Å². The first-order chi connectivity index (χ1) is 11.3. The zero-order valence-electron chi connectivity index (χ0n) is 15.0. The molecule has 0 atom stereocenters. The molecule has 0 spiro atoms. The average Bonchev–Trinajstić information content (AvgIpc) is 2.54. The number of benzene rings is 2. The molecular formula is C20H25NO3. The molecule has 1 amide bonds. The number of ether oxygens (including phenoxy) is 2. The van der Waals surface area contributed by atoms with Crippen LogP contribution in [0.4, 0.5) is 5.69 Å². The summed E-state index contributed by atoms with van der Waals surface area (Å²) in [7, 11) is 1.58. The van der Waals surface area contributed by atoms with Gasteiger partial charge in [-0.05, 0) is 48.2 Å². The summed E-state index contributed by atoms with van der Waals surface area (Å²) in [4.78, 5) is 12.4. The molecule has 2 rings (SSSR count). The topological polar surface area (TPSA) is 47.6 Å². The van der Waals surface area contributed by atoms with E-state index in [0.29, 0.717) is 23.7 Å². The predicted octanol–water partition coefficient (Wildman–Crippen LogP) is 4.64. The molecule has 24 heavy (non-hydrogen) atoms. The molecule has 0 aliphatic heterocycles. The Morgan fingerprint density at radius 2 is 1.71 bits per heavy atom. The van der Waals surface area contributed by atoms with Gasteiger partial charge in [0.2, 0.25) is 0 Å². The lowest BCUT2D eigenvalue weighted by atomic mass is 9.87. The summed E-state index contributed by atoms with van der Waals surface area (Å²) in [5.41, 5.74) is 2.61. The number of carbonyl (C=O) groups is 1. The molecule has 0 fully saturated rings. The average molecular weight is 327 g/mol. The fourth-order valence-corrected chi connectivity index (χ4v) is 2.34. The molecule has 0 aliphatic rings. The van der Waals surface area contributed by atoms with E-state index in [-0.39, 0.29) is 11.3 Å². The van der Waals surface area contributed by atoms with E-state index in [0.717, 1.165) is 5.69 Å². The monoisotopic (exact) mass is 327 g/mol. The molecule has 128 valence electrons. The first-order valence-corrected chi connectivity index (χ1v) is 8.08. The minimum atomic E-state index is -0.179. The van der Waals surface area contributed by atoms with Crippen molar-refractivity contribution < 1.29 is 14.3 Å². The van der Waals surface area contributed by atoms with Crippen molar-refractivity contribution in [2.45, 2.75) is 33.1 Å². The molecule has 0 saturated carbocycles. The van der Waals surface area contributed by atoms with Crippen molar-refractivity contribution in [3.8, 4) is 11.5 Å². The van der Waals surface area contributed by atoms with Crippen LogP contribution in [-0.2, 0) is 5.41 Å². The number of amides is 1. The molecule has 0 bridgehead atoms. The second-order valence-corrected chi connectivity index (χ2v) is 6.58. The van der Waals surface area contributed by atoms with E-state index in [1.165, 1.54) is 5.56 Å². The highest BCUT2D eigenvalue weighted by molar-refractivity contribution is 6.04. The quantitative estimate of drug-likeness (QED) is 0.870. The van der Waals surface area contributed by atoms with E-state index in [1.54, 1.807) is 25.3 Å². The molecule has 0 unspecified atom stereocenters. The maximum atomic E-state index is 12.4. The molecule has 4 heteroatoms. The van der Waals surface area contributed by atoms with E-state index < -0.39 is 0 Å². The van der Waals surface area contributed by atoms with Crippen LogP contribution in [0.25, 0.3) is 0 Å². The molecule has 2 aromatic rings. The first-order valence-electron chi connectivity index (χ1n) is 8.08. The van der Waals surface area contributed by atoms with Gasteiger partial charge in [-0.15, -0.1) is 0 Å². The van der Waals surface area contributed by atoms with Crippen LogP contribution in [0.3, 0.4) is 0 Å². The van der Waals surface area contributed by atoms with E-state index in [1.807, 2.05) is 31.2 Å². The lowest BCUT2D eigenvalue weighted by molar-refractivity contribution is 0.102. The number of rotatable bonds is 5. The summed E-state index contributed by atoms with van der Waals surface area (Å²) in [5.74, 6) is 1.00. The number of anilines is 1. The number of nitrogens with one attached hydrogen (secondary N) is 1. The summed E-state index contributed by atoms with van der Waals surface area (Å²) in [6.07, 6.45) is 0. The minimum Gasteiger partial charge on any atom is -0.493 e. The van der Waals surface area contributed by atoms with Crippen LogP contribution in [0.5, 0.6) is 11.5 Å². The van der Waals surface area contributed by atoms with Crippen LogP contribution in [0.1, 0.15) is 43.6 Å². The fraction of sp³-hybridized carbons (Fsp3) is 0.350. The van der Waals surface area contributed by atoms with Crippen molar-refractivity contribution in [1.29, 1.82) is 0 Å². The van der Waals surface area contributed by atoms with Gasteiger partial charge in [0.05, 0.1) is 13.7 Å². The Hall–Kier alpha value is -2.49. The molecule has 0 saturated heterocycles. The Morgan fingerprint density at radius 3 is 2.25 bits per heavy atom. The molecule has 1 N–H and O–H groups in total. The number of hydrogen-bond donors (Lipinski definition) is 1. The summed E-state index contributed by atoms with van der Waals surface area (Å²) in [5, 5.41) is 2.91. The van der Waals surface area contributed by atoms with E-state index in [4.69, 9.17) is 9.47 Å². The number of methoxy groups -OCH3 is 1. The molecule has 4 nitrogen and oxygen atoms in total. The lowest BCUT2D eigenvalue weighted by Gasteiger charge is -2.19. The zero-order chi connectivity index (χ0) is 17.7. The van der Waals surface area contributed by atoms with Gasteiger partial charge in [-0.3, -0.25) is 4.79 Å². The van der Waals surface area contributed by atoms with Gasteiger partial charge in [0, 0.05) is 11.3 Å². The lowest BCUT2D eigenvalue weighted by Crippen LogP contribution is -2.14. The van der Waals surface area contributed by atoms with Crippen LogP contribution < -0.4 is 14.8 Å². The second-order valence-electron chi connectivity index (χ2n) is 6.58. The normalized spacial score (nSPS) is 11.0. The van der Waals surface area contributed by atoms with Crippen LogP contribution >= 0.6 is 0 Å². The van der Waals surface area contributed by atoms with Gasteiger partial charge in [-0.2, -0.15) is 0 Å². The summed E-state index contributed by atoms with van der Waals surface area (Å²) in [6.45, 7) is 8.88. The molecule has 0 heterocycles. The van der Waals surface area contributed by atoms with Gasteiger partial charge >= 0.3 is 0 Å². The zero-order valence-corrected chi connectivity index (χ0v) is 15.0. The van der Waals surface area contributed by atoms with Crippen molar-refractivity contribution in [3.63, 3.8) is 0 Å². The largest absolute Gasteiger partial charge is 0.493 e. The highest BCUT2D eigenvalue weighted by Crippen LogP contribution is 2.28. The van der Waals surface area contributed by atoms with Crippen LogP contribution in [0, 0.1) is 0 Å². The summed E-state index contributed by atoms with van der Waals surface area (Å²) < 4.78 is 10.8. The van der Waals surface area contributed by atoms with Crippen molar-refractivity contribution in [3.05, 3.63) is 53.6 Å². The third kappa shape index (κ3) is 4.28. The van der Waals surface area contributed by atoms with Crippen molar-refractivity contribution in [2.75, 3.05) is 19.0 Å². The van der Waals surface area contributed by atoms with Gasteiger partial charge in [0.1, 0.15) is 0 Å². The fourth-order valence-electron chi connectivity index (χ4n) is 2.34. The Morgan fingerprint density at radius 1 is 1.04 bits per heavy atom. The highest BCUT2D eigenvalue weighted by atomic mass is 16.5. The summed E-state index contributed by atoms with van der Waals surface area (Å²) >= 11 is 0. The van der Waals surface area contributed by atoms with E-state index in [9.17, 15) is 4.79 Å². The van der Waals surface area contributed by atoms with Gasteiger partial charge in [-0.1, -0.05) is 32.9 Å². The molecule has 2 aromatic carbocycles. The molecular weight excluding hydrogens is 302 g/mol. The Bertz CT molecular complexity index is 700. The SMILES string of the molecule is CCOc1cc(C(=O)Nc2ccc(C(C)(C)C)cc2)ccc1OC. The Balaban J connectivity index is 2.16. The minimum absolute atomic E-state index is 0.0882. The van der Waals surface area contributed by atoms with Gasteiger partial charge < -0.3 is 14.8 Å². The van der Waals surface area contributed by atoms with Crippen molar-refractivity contribution in [2.24, 2.45) is 0 Å². The molecule has 0 radical (unpaired) electrons. The van der Waals surface area contributed by atoms with E-state index >= 15 is 0 Å². The maximum Gasteiger partial charge on any atom is 0.255 e. The van der Waals surface area contributed by atoms with Gasteiger partial charge in [0.15, 0.2) is 11.5 Å². The van der Waals surface area contributed by atoms with Crippen molar-refractivity contribution >= 4 is 11.6 Å². The first kappa shape index (κ1) is 17.9. The Labute approximate surface area is 143 Å². The third-order valence-corrected chi connectivity index (χ3v) is 3.73. The van der Waals surface area contributed by atoms with Gasteiger partial charge in [0.25, 0.3) is 5.91 Å². The van der Waals surface area contributed by atoms with Crippen molar-refractivity contribution in [1.82, 2.24) is 0 Å². The number of carbonyl (C=O) groups excluding carboxylic acids is 1. The second kappa shape index (κ2) is 7.39. The van der Waals surface area contributed by atoms with Gasteiger partial charge in [-0.25, -0.2) is 0 Å². The Kier molecular flexibility index (Phi) is 5.50. The smallest absolute Gasteiger partial charge is 0.255 e. The maximum absolute atomic E-state index is 12.4. The van der Waals surface area contributed by atoms with Crippen LogP contribution in [-0.4, -0.2) is 19.6 Å². The van der Waals surface area contributed by atoms with Crippen LogP contribution in [0.2, 0.25) is 0 Å². The molecule has 0 aliphatic carbocycles. The number of hydrogen-bond acceptors (Lipinski definition) is 3. The third-order valence-electron chi connectivity index (χ3n) is 3.73. The highest BCUT2D eigenvalue weighted by Gasteiger charge is 2.14. The summed E-state index contributed by atoms with van der Waals surface area (Å²) in [6, 6.07) is 13.1. The predicted molar refractivity (Wildman–Crippen MR) is 97.3 cm³/mol.